The fourth-order valence-electron chi connectivity index (χ4n) is 2.31. The molecule has 6 heteroatoms. The van der Waals surface area contributed by atoms with Crippen molar-refractivity contribution < 1.29 is 9.21 Å². The zero-order valence-corrected chi connectivity index (χ0v) is 12.9. The Kier molecular flexibility index (Phi) is 3.97. The van der Waals surface area contributed by atoms with Crippen molar-refractivity contribution in [2.45, 2.75) is 26.2 Å². The topological polar surface area (TPSA) is 76.6 Å². The van der Waals surface area contributed by atoms with Crippen molar-refractivity contribution in [1.82, 2.24) is 9.38 Å². The van der Waals surface area contributed by atoms with Crippen molar-refractivity contribution >= 4 is 17.4 Å². The molecular weight excluding hydrogens is 294 g/mol. The second-order valence-corrected chi connectivity index (χ2v) is 5.42. The summed E-state index contributed by atoms with van der Waals surface area (Å²) in [5, 5.41) is 2.72. The third kappa shape index (κ3) is 2.88. The highest BCUT2D eigenvalue weighted by Crippen LogP contribution is 2.20. The Morgan fingerprint density at radius 3 is 2.78 bits per heavy atom. The largest absolute Gasteiger partial charge is 0.432 e. The highest BCUT2D eigenvalue weighted by molar-refractivity contribution is 6.03. The summed E-state index contributed by atoms with van der Waals surface area (Å²) in [5.41, 5.74) is 1.36. The van der Waals surface area contributed by atoms with Crippen molar-refractivity contribution in [2.24, 2.45) is 0 Å². The number of rotatable bonds is 4. The molecule has 0 aliphatic rings. The zero-order chi connectivity index (χ0) is 16.4. The van der Waals surface area contributed by atoms with Crippen molar-refractivity contribution in [1.29, 1.82) is 0 Å². The Morgan fingerprint density at radius 2 is 2.09 bits per heavy atom. The van der Waals surface area contributed by atoms with Crippen LogP contribution in [0.1, 0.15) is 42.1 Å². The lowest BCUT2D eigenvalue weighted by atomic mass is 9.99. The van der Waals surface area contributed by atoms with Gasteiger partial charge in [-0.1, -0.05) is 26.0 Å². The number of anilines is 1. The summed E-state index contributed by atoms with van der Waals surface area (Å²) >= 11 is 0. The second-order valence-electron chi connectivity index (χ2n) is 5.42. The zero-order valence-electron chi connectivity index (χ0n) is 12.9. The first-order chi connectivity index (χ1) is 11.1. The summed E-state index contributed by atoms with van der Waals surface area (Å²) in [7, 11) is 0. The first-order valence-corrected chi connectivity index (χ1v) is 7.46. The van der Waals surface area contributed by atoms with E-state index in [0.717, 1.165) is 6.42 Å². The molecule has 118 valence electrons. The number of hydrogen-bond acceptors (Lipinski definition) is 4. The number of fused-ring (bicyclic) bond motifs is 1. The number of benzene rings is 1. The van der Waals surface area contributed by atoms with E-state index in [0.29, 0.717) is 11.6 Å². The number of aromatic nitrogens is 2. The Bertz CT molecular complexity index is 893. The molecular formula is C17H17N3O3. The Labute approximate surface area is 132 Å². The van der Waals surface area contributed by atoms with Crippen LogP contribution in [0.2, 0.25) is 0 Å². The van der Waals surface area contributed by atoms with Gasteiger partial charge in [-0.05, 0) is 30.0 Å². The maximum atomic E-state index is 12.3. The molecule has 0 radical (unpaired) electrons. The number of nitrogens with zero attached hydrogens (tertiary/aromatic N) is 2. The van der Waals surface area contributed by atoms with Crippen LogP contribution in [0, 0.1) is 0 Å². The SMILES string of the molecule is CCC(C)c1ccc(NC(=O)c2cnc3occn3c2=O)cc1. The van der Waals surface area contributed by atoms with Gasteiger partial charge in [-0.3, -0.25) is 9.59 Å². The van der Waals surface area contributed by atoms with Crippen LogP contribution in [0.5, 0.6) is 0 Å². The van der Waals surface area contributed by atoms with Gasteiger partial charge in [0.05, 0.1) is 12.4 Å². The molecule has 0 saturated heterocycles. The predicted molar refractivity (Wildman–Crippen MR) is 86.8 cm³/mol. The quantitative estimate of drug-likeness (QED) is 0.803. The minimum atomic E-state index is -0.491. The van der Waals surface area contributed by atoms with Gasteiger partial charge in [-0.15, -0.1) is 0 Å². The van der Waals surface area contributed by atoms with Gasteiger partial charge in [0.25, 0.3) is 11.5 Å². The van der Waals surface area contributed by atoms with E-state index in [1.165, 1.54) is 28.6 Å². The molecule has 6 nitrogen and oxygen atoms in total. The smallest absolute Gasteiger partial charge is 0.308 e. The van der Waals surface area contributed by atoms with E-state index in [-0.39, 0.29) is 11.4 Å². The summed E-state index contributed by atoms with van der Waals surface area (Å²) in [5.74, 6) is 0.135. The van der Waals surface area contributed by atoms with Gasteiger partial charge in [0, 0.05) is 5.69 Å². The first kappa shape index (κ1) is 15.0. The standard InChI is InChI=1S/C17H17N3O3/c1-3-11(2)12-4-6-13(7-5-12)19-15(21)14-10-18-17-20(16(14)22)8-9-23-17/h4-11H,3H2,1-2H3,(H,19,21). The molecule has 2 heterocycles. The van der Waals surface area contributed by atoms with E-state index < -0.39 is 11.5 Å². The summed E-state index contributed by atoms with van der Waals surface area (Å²) in [6, 6.07) is 7.63. The lowest BCUT2D eigenvalue weighted by Gasteiger charge is -2.10. The molecule has 1 N–H and O–H groups in total. The molecule has 23 heavy (non-hydrogen) atoms. The Balaban J connectivity index is 1.83. The molecule has 0 bridgehead atoms. The molecule has 3 rings (SSSR count). The highest BCUT2D eigenvalue weighted by Gasteiger charge is 2.14. The third-order valence-electron chi connectivity index (χ3n) is 3.94. The molecule has 1 amide bonds. The lowest BCUT2D eigenvalue weighted by molar-refractivity contribution is 0.102. The predicted octanol–water partition coefficient (Wildman–Crippen LogP) is 3.05. The van der Waals surface area contributed by atoms with Crippen LogP contribution < -0.4 is 10.9 Å². The monoisotopic (exact) mass is 311 g/mol. The summed E-state index contributed by atoms with van der Waals surface area (Å²) in [6.07, 6.45) is 5.06. The van der Waals surface area contributed by atoms with Gasteiger partial charge in [0.1, 0.15) is 11.8 Å². The van der Waals surface area contributed by atoms with Crippen LogP contribution in [0.25, 0.3) is 5.84 Å². The number of amides is 1. The van der Waals surface area contributed by atoms with Crippen molar-refractivity contribution in [3.8, 4) is 0 Å². The number of oxazole rings is 1. The molecule has 0 saturated carbocycles. The van der Waals surface area contributed by atoms with Crippen LogP contribution in [0.15, 0.2) is 52.1 Å². The fourth-order valence-corrected chi connectivity index (χ4v) is 2.31. The summed E-state index contributed by atoms with van der Waals surface area (Å²) in [4.78, 5) is 28.4. The molecule has 0 aliphatic carbocycles. The van der Waals surface area contributed by atoms with Crippen molar-refractivity contribution in [2.75, 3.05) is 5.32 Å². The molecule has 0 spiro atoms. The van der Waals surface area contributed by atoms with Gasteiger partial charge < -0.3 is 9.73 Å². The maximum Gasteiger partial charge on any atom is 0.308 e. The molecule has 1 atom stereocenters. The van der Waals surface area contributed by atoms with E-state index in [1.54, 1.807) is 0 Å². The number of nitrogens with one attached hydrogen (secondary N) is 1. The average Bonchev–Trinajstić information content (AvgIpc) is 3.04. The Morgan fingerprint density at radius 1 is 1.35 bits per heavy atom. The average molecular weight is 311 g/mol. The molecule has 0 fully saturated rings. The van der Waals surface area contributed by atoms with Crippen LogP contribution in [-0.4, -0.2) is 15.3 Å². The van der Waals surface area contributed by atoms with Crippen LogP contribution in [0.3, 0.4) is 0 Å². The minimum absolute atomic E-state index is 0.0325. The summed E-state index contributed by atoms with van der Waals surface area (Å²) < 4.78 is 6.21. The van der Waals surface area contributed by atoms with E-state index in [2.05, 4.69) is 24.1 Å². The molecule has 1 unspecified atom stereocenters. The minimum Gasteiger partial charge on any atom is -0.432 e. The van der Waals surface area contributed by atoms with E-state index in [4.69, 9.17) is 4.42 Å². The van der Waals surface area contributed by atoms with Crippen LogP contribution >= 0.6 is 0 Å². The first-order valence-electron chi connectivity index (χ1n) is 7.46. The molecule has 3 aromatic rings. The van der Waals surface area contributed by atoms with Gasteiger partial charge in [-0.25, -0.2) is 9.38 Å². The van der Waals surface area contributed by atoms with Crippen molar-refractivity contribution in [3.63, 3.8) is 0 Å². The third-order valence-corrected chi connectivity index (χ3v) is 3.94. The molecule has 0 aliphatic heterocycles. The molecule has 1 aromatic carbocycles. The van der Waals surface area contributed by atoms with E-state index >= 15 is 0 Å². The van der Waals surface area contributed by atoms with Gasteiger partial charge in [0.15, 0.2) is 0 Å². The highest BCUT2D eigenvalue weighted by atomic mass is 16.3. The summed E-state index contributed by atoms with van der Waals surface area (Å²) in [6.45, 7) is 4.28. The van der Waals surface area contributed by atoms with E-state index in [9.17, 15) is 9.59 Å². The van der Waals surface area contributed by atoms with Crippen LogP contribution in [0.4, 0.5) is 5.69 Å². The second kappa shape index (κ2) is 6.08. The van der Waals surface area contributed by atoms with E-state index in [1.807, 2.05) is 24.3 Å². The lowest BCUT2D eigenvalue weighted by Crippen LogP contribution is -2.25. The van der Waals surface area contributed by atoms with Gasteiger partial charge in [0.2, 0.25) is 0 Å². The number of carbonyl (C=O) groups is 1. The van der Waals surface area contributed by atoms with Crippen LogP contribution in [-0.2, 0) is 0 Å². The normalized spacial score (nSPS) is 12.3. The fraction of sp³-hybridized carbons (Fsp3) is 0.235. The van der Waals surface area contributed by atoms with Crippen molar-refractivity contribution in [3.05, 3.63) is 64.4 Å². The number of carbonyl (C=O) groups excluding carboxylic acids is 1. The Hall–Kier alpha value is -2.89. The van der Waals surface area contributed by atoms with Gasteiger partial charge in [-0.2, -0.15) is 0 Å². The van der Waals surface area contributed by atoms with Gasteiger partial charge >= 0.3 is 5.84 Å². The maximum absolute atomic E-state index is 12.3. The molecule has 2 aromatic heterocycles. The number of hydrogen-bond donors (Lipinski definition) is 1.